The Morgan fingerprint density at radius 2 is 2.36 bits per heavy atom. The molecule has 3 heteroatoms. The fourth-order valence-corrected chi connectivity index (χ4v) is 1.75. The van der Waals surface area contributed by atoms with Gasteiger partial charge < -0.3 is 15.8 Å². The molecule has 3 N–H and O–H groups in total. The van der Waals surface area contributed by atoms with Gasteiger partial charge in [0.1, 0.15) is 0 Å². The highest BCUT2D eigenvalue weighted by Gasteiger charge is 2.30. The summed E-state index contributed by atoms with van der Waals surface area (Å²) in [6.07, 6.45) is 4.79. The molecular weight excluding hydrogens is 176 g/mol. The van der Waals surface area contributed by atoms with Crippen LogP contribution in [-0.2, 0) is 4.74 Å². The van der Waals surface area contributed by atoms with Crippen LogP contribution in [0.5, 0.6) is 0 Å². The van der Waals surface area contributed by atoms with Gasteiger partial charge in [-0.1, -0.05) is 19.8 Å². The molecule has 0 bridgehead atoms. The minimum Gasteiger partial charge on any atom is -0.379 e. The Labute approximate surface area is 87.4 Å². The van der Waals surface area contributed by atoms with Crippen molar-refractivity contribution in [2.24, 2.45) is 5.73 Å². The summed E-state index contributed by atoms with van der Waals surface area (Å²) in [5, 5.41) is 3.49. The zero-order valence-corrected chi connectivity index (χ0v) is 9.51. The van der Waals surface area contributed by atoms with Crippen LogP contribution in [0.15, 0.2) is 0 Å². The monoisotopic (exact) mass is 200 g/mol. The van der Waals surface area contributed by atoms with E-state index in [0.29, 0.717) is 12.6 Å². The van der Waals surface area contributed by atoms with Gasteiger partial charge in [-0.05, 0) is 19.8 Å². The minimum absolute atomic E-state index is 0.111. The fraction of sp³-hybridized carbons (Fsp3) is 1.00. The Hall–Kier alpha value is -0.120. The highest BCUT2D eigenvalue weighted by atomic mass is 16.5. The zero-order valence-electron chi connectivity index (χ0n) is 9.51. The van der Waals surface area contributed by atoms with Gasteiger partial charge in [0.2, 0.25) is 0 Å². The third kappa shape index (κ3) is 3.95. The Balaban J connectivity index is 2.12. The van der Waals surface area contributed by atoms with Crippen LogP contribution in [0.4, 0.5) is 0 Å². The average Bonchev–Trinajstić information content (AvgIpc) is 2.60. The molecule has 1 aliphatic heterocycles. The Morgan fingerprint density at radius 1 is 1.57 bits per heavy atom. The second-order valence-corrected chi connectivity index (χ2v) is 4.59. The Bertz CT molecular complexity index is 155. The van der Waals surface area contributed by atoms with Gasteiger partial charge in [0.05, 0.1) is 12.1 Å². The normalized spacial score (nSPS) is 29.4. The molecule has 0 amide bonds. The van der Waals surface area contributed by atoms with Crippen LogP contribution in [0.3, 0.4) is 0 Å². The first-order valence-electron chi connectivity index (χ1n) is 5.76. The summed E-state index contributed by atoms with van der Waals surface area (Å²) in [7, 11) is 0. The molecular formula is C11H24N2O. The quantitative estimate of drug-likeness (QED) is 0.679. The first-order chi connectivity index (χ1) is 6.66. The highest BCUT2D eigenvalue weighted by Crippen LogP contribution is 2.14. The Morgan fingerprint density at radius 3 is 2.93 bits per heavy atom. The molecule has 0 aromatic heterocycles. The molecule has 3 nitrogen and oxygen atoms in total. The van der Waals surface area contributed by atoms with Gasteiger partial charge in [-0.15, -0.1) is 0 Å². The molecule has 14 heavy (non-hydrogen) atoms. The van der Waals surface area contributed by atoms with E-state index in [9.17, 15) is 0 Å². The molecule has 1 rings (SSSR count). The van der Waals surface area contributed by atoms with Crippen LogP contribution < -0.4 is 11.1 Å². The van der Waals surface area contributed by atoms with E-state index >= 15 is 0 Å². The van der Waals surface area contributed by atoms with Crippen molar-refractivity contribution in [2.45, 2.75) is 51.1 Å². The van der Waals surface area contributed by atoms with Crippen molar-refractivity contribution in [3.63, 3.8) is 0 Å². The first-order valence-corrected chi connectivity index (χ1v) is 5.76. The third-order valence-electron chi connectivity index (χ3n) is 2.93. The lowest BCUT2D eigenvalue weighted by atomic mass is 10.00. The van der Waals surface area contributed by atoms with Gasteiger partial charge in [0.25, 0.3) is 0 Å². The summed E-state index contributed by atoms with van der Waals surface area (Å²) in [5.41, 5.74) is 6.04. The summed E-state index contributed by atoms with van der Waals surface area (Å²) in [5.74, 6) is 0. The lowest BCUT2D eigenvalue weighted by Gasteiger charge is -2.24. The molecule has 0 aromatic rings. The molecule has 2 atom stereocenters. The molecule has 0 aliphatic carbocycles. The summed E-state index contributed by atoms with van der Waals surface area (Å²) >= 11 is 0. The summed E-state index contributed by atoms with van der Waals surface area (Å²) in [6.45, 7) is 6.87. The van der Waals surface area contributed by atoms with Gasteiger partial charge in [0, 0.05) is 19.2 Å². The van der Waals surface area contributed by atoms with Gasteiger partial charge in [0.15, 0.2) is 0 Å². The Kier molecular flexibility index (Phi) is 4.85. The fourth-order valence-electron chi connectivity index (χ4n) is 1.75. The topological polar surface area (TPSA) is 47.3 Å². The summed E-state index contributed by atoms with van der Waals surface area (Å²) in [6, 6.07) is 0.580. The molecule has 1 heterocycles. The van der Waals surface area contributed by atoms with Gasteiger partial charge in [-0.25, -0.2) is 0 Å². The number of unbranched alkanes of at least 4 members (excludes halogenated alkanes) is 1. The molecule has 0 spiro atoms. The van der Waals surface area contributed by atoms with E-state index in [1.165, 1.54) is 19.3 Å². The molecule has 0 aromatic carbocycles. The summed E-state index contributed by atoms with van der Waals surface area (Å²) in [4.78, 5) is 0. The number of nitrogens with two attached hydrogens (primary N) is 1. The van der Waals surface area contributed by atoms with Gasteiger partial charge >= 0.3 is 0 Å². The molecule has 1 aliphatic rings. The molecule has 0 radical (unpaired) electrons. The maximum atomic E-state index is 6.15. The van der Waals surface area contributed by atoms with Crippen molar-refractivity contribution in [3.05, 3.63) is 0 Å². The highest BCUT2D eigenvalue weighted by molar-refractivity contribution is 4.90. The van der Waals surface area contributed by atoms with Crippen molar-refractivity contribution in [1.29, 1.82) is 0 Å². The number of rotatable bonds is 6. The smallest absolute Gasteiger partial charge is 0.0659 e. The molecule has 84 valence electrons. The van der Waals surface area contributed by atoms with E-state index in [1.54, 1.807) is 0 Å². The van der Waals surface area contributed by atoms with Crippen molar-refractivity contribution >= 4 is 0 Å². The maximum absolute atomic E-state index is 6.15. The number of nitrogens with one attached hydrogen (secondary N) is 1. The SMILES string of the molecule is CCCCC(C)NCC1(N)CCOC1. The van der Waals surface area contributed by atoms with Crippen LogP contribution >= 0.6 is 0 Å². The van der Waals surface area contributed by atoms with Crippen molar-refractivity contribution in [2.75, 3.05) is 19.8 Å². The average molecular weight is 200 g/mol. The number of hydrogen-bond donors (Lipinski definition) is 2. The van der Waals surface area contributed by atoms with Crippen LogP contribution in [0.1, 0.15) is 39.5 Å². The van der Waals surface area contributed by atoms with Crippen molar-refractivity contribution in [1.82, 2.24) is 5.32 Å². The lowest BCUT2D eigenvalue weighted by molar-refractivity contribution is 0.176. The first kappa shape index (κ1) is 12.0. The van der Waals surface area contributed by atoms with E-state index < -0.39 is 0 Å². The lowest BCUT2D eigenvalue weighted by Crippen LogP contribution is -2.51. The number of ether oxygens (including phenoxy) is 1. The molecule has 0 saturated carbocycles. The summed E-state index contributed by atoms with van der Waals surface area (Å²) < 4.78 is 5.31. The second kappa shape index (κ2) is 5.69. The standard InChI is InChI=1S/C11H24N2O/c1-3-4-5-10(2)13-8-11(12)6-7-14-9-11/h10,13H,3-9,12H2,1-2H3. The van der Waals surface area contributed by atoms with E-state index in [-0.39, 0.29) is 5.54 Å². The molecule has 2 unspecified atom stereocenters. The second-order valence-electron chi connectivity index (χ2n) is 4.59. The molecule has 1 saturated heterocycles. The van der Waals surface area contributed by atoms with Crippen LogP contribution in [-0.4, -0.2) is 31.3 Å². The van der Waals surface area contributed by atoms with Crippen LogP contribution in [0, 0.1) is 0 Å². The van der Waals surface area contributed by atoms with Gasteiger partial charge in [-0.2, -0.15) is 0 Å². The van der Waals surface area contributed by atoms with Crippen LogP contribution in [0.25, 0.3) is 0 Å². The minimum atomic E-state index is -0.111. The zero-order chi connectivity index (χ0) is 10.4. The molecule has 1 fully saturated rings. The van der Waals surface area contributed by atoms with E-state index in [4.69, 9.17) is 10.5 Å². The largest absolute Gasteiger partial charge is 0.379 e. The maximum Gasteiger partial charge on any atom is 0.0659 e. The van der Waals surface area contributed by atoms with E-state index in [2.05, 4.69) is 19.2 Å². The predicted molar refractivity (Wildman–Crippen MR) is 59.3 cm³/mol. The number of hydrogen-bond acceptors (Lipinski definition) is 3. The van der Waals surface area contributed by atoms with E-state index in [1.807, 2.05) is 0 Å². The van der Waals surface area contributed by atoms with Crippen LogP contribution in [0.2, 0.25) is 0 Å². The van der Waals surface area contributed by atoms with E-state index in [0.717, 1.165) is 19.6 Å². The third-order valence-corrected chi connectivity index (χ3v) is 2.93. The van der Waals surface area contributed by atoms with Gasteiger partial charge in [-0.3, -0.25) is 0 Å². The van der Waals surface area contributed by atoms with Crippen molar-refractivity contribution in [3.8, 4) is 0 Å². The predicted octanol–water partition coefficient (Wildman–Crippen LogP) is 1.27. The van der Waals surface area contributed by atoms with Crippen molar-refractivity contribution < 1.29 is 4.74 Å².